The van der Waals surface area contributed by atoms with E-state index in [1.807, 2.05) is 20.8 Å². The van der Waals surface area contributed by atoms with Crippen molar-refractivity contribution in [3.63, 3.8) is 0 Å². The zero-order valence-electron chi connectivity index (χ0n) is 12.9. The summed E-state index contributed by atoms with van der Waals surface area (Å²) < 4.78 is 81.0. The van der Waals surface area contributed by atoms with Crippen LogP contribution in [0.4, 0.5) is 26.3 Å². The van der Waals surface area contributed by atoms with Crippen LogP contribution in [-0.2, 0) is 4.74 Å². The normalized spacial score (nSPS) is 22.3. The van der Waals surface area contributed by atoms with Gasteiger partial charge in [-0.3, -0.25) is 0 Å². The van der Waals surface area contributed by atoms with Crippen molar-refractivity contribution in [3.05, 3.63) is 0 Å². The fourth-order valence-corrected chi connectivity index (χ4v) is 2.99. The predicted octanol–water partition coefficient (Wildman–Crippen LogP) is 5.49. The maximum absolute atomic E-state index is 12.7. The number of alkyl halides is 6. The van der Waals surface area contributed by atoms with Gasteiger partial charge in [-0.05, 0) is 24.7 Å². The van der Waals surface area contributed by atoms with E-state index in [2.05, 4.69) is 0 Å². The summed E-state index contributed by atoms with van der Waals surface area (Å²) in [4.78, 5) is 0. The van der Waals surface area contributed by atoms with E-state index in [1.54, 1.807) is 13.8 Å². The molecule has 0 bridgehead atoms. The third-order valence-electron chi connectivity index (χ3n) is 5.01. The van der Waals surface area contributed by atoms with Crippen LogP contribution in [0, 0.1) is 10.8 Å². The second-order valence-electron chi connectivity index (χ2n) is 7.01. The van der Waals surface area contributed by atoms with E-state index in [9.17, 15) is 26.3 Å². The average Bonchev–Trinajstić information content (AvgIpc) is 3.01. The average molecular weight is 320 g/mol. The number of hydrogen-bond donors (Lipinski definition) is 0. The Bertz CT molecular complexity index is 360. The lowest BCUT2D eigenvalue weighted by atomic mass is 9.61. The molecule has 0 N–H and O–H groups in total. The molecule has 0 spiro atoms. The van der Waals surface area contributed by atoms with Gasteiger partial charge in [-0.2, -0.15) is 26.3 Å². The molecule has 1 unspecified atom stereocenters. The quantitative estimate of drug-likeness (QED) is 0.622. The number of hydrogen-bond acceptors (Lipinski definition) is 1. The molecule has 1 saturated carbocycles. The van der Waals surface area contributed by atoms with Crippen LogP contribution < -0.4 is 0 Å². The molecule has 1 aliphatic carbocycles. The summed E-state index contributed by atoms with van der Waals surface area (Å²) in [5.41, 5.74) is -2.61. The van der Waals surface area contributed by atoms with Crippen LogP contribution in [0.15, 0.2) is 0 Å². The Labute approximate surface area is 121 Å². The van der Waals surface area contributed by atoms with Gasteiger partial charge in [0.1, 0.15) is 0 Å². The monoisotopic (exact) mass is 320 g/mol. The molecule has 0 aliphatic heterocycles. The molecule has 21 heavy (non-hydrogen) atoms. The minimum Gasteiger partial charge on any atom is -0.354 e. The van der Waals surface area contributed by atoms with Gasteiger partial charge in [0.15, 0.2) is 0 Å². The molecule has 7 heteroatoms. The zero-order valence-corrected chi connectivity index (χ0v) is 12.9. The van der Waals surface area contributed by atoms with Crippen molar-refractivity contribution < 1.29 is 31.1 Å². The summed E-state index contributed by atoms with van der Waals surface area (Å²) in [5, 5.41) is 0. The van der Waals surface area contributed by atoms with Crippen LogP contribution in [0.1, 0.15) is 53.9 Å². The zero-order chi connectivity index (χ0) is 16.9. The van der Waals surface area contributed by atoms with Crippen LogP contribution in [0.25, 0.3) is 0 Å². The highest BCUT2D eigenvalue weighted by molar-refractivity contribution is 5.12. The Morgan fingerprint density at radius 3 is 1.48 bits per heavy atom. The summed E-state index contributed by atoms with van der Waals surface area (Å²) in [5.74, 6) is 0. The van der Waals surface area contributed by atoms with Gasteiger partial charge in [0, 0.05) is 5.41 Å². The Morgan fingerprint density at radius 1 is 0.905 bits per heavy atom. The molecule has 1 atom stereocenters. The van der Waals surface area contributed by atoms with E-state index < -0.39 is 34.9 Å². The molecule has 126 valence electrons. The Kier molecular flexibility index (Phi) is 4.45. The lowest BCUT2D eigenvalue weighted by molar-refractivity contribution is -0.346. The van der Waals surface area contributed by atoms with E-state index in [1.165, 1.54) is 0 Å². The van der Waals surface area contributed by atoms with Crippen molar-refractivity contribution in [3.8, 4) is 0 Å². The largest absolute Gasteiger partial charge is 0.423 e. The van der Waals surface area contributed by atoms with Gasteiger partial charge in [0.2, 0.25) is 6.10 Å². The van der Waals surface area contributed by atoms with Crippen LogP contribution >= 0.6 is 0 Å². The first-order valence-electron chi connectivity index (χ1n) is 6.92. The topological polar surface area (TPSA) is 9.23 Å². The Balaban J connectivity index is 3.15. The van der Waals surface area contributed by atoms with E-state index in [4.69, 9.17) is 4.74 Å². The van der Waals surface area contributed by atoms with Gasteiger partial charge in [-0.1, -0.05) is 34.6 Å². The molecule has 0 aromatic carbocycles. The molecular weight excluding hydrogens is 298 g/mol. The summed E-state index contributed by atoms with van der Waals surface area (Å²) in [6, 6.07) is 0. The molecule has 1 fully saturated rings. The summed E-state index contributed by atoms with van der Waals surface area (Å²) >= 11 is 0. The molecule has 0 aromatic heterocycles. The van der Waals surface area contributed by atoms with Crippen LogP contribution in [0.3, 0.4) is 0 Å². The SMILES string of the molecule is CCC(C)(C(C)(C)C)C1(OC(C(F)(F)F)C(F)(F)F)CC1. The second kappa shape index (κ2) is 5.03. The first-order valence-corrected chi connectivity index (χ1v) is 6.92. The van der Waals surface area contributed by atoms with Gasteiger partial charge in [-0.25, -0.2) is 0 Å². The summed E-state index contributed by atoms with van der Waals surface area (Å²) in [6.45, 7) is 8.93. The van der Waals surface area contributed by atoms with Crippen molar-refractivity contribution >= 4 is 0 Å². The molecule has 0 aromatic rings. The Morgan fingerprint density at radius 2 is 1.29 bits per heavy atom. The molecule has 1 aliphatic rings. The first-order chi connectivity index (χ1) is 9.11. The minimum absolute atomic E-state index is 0.220. The molecule has 0 heterocycles. The third-order valence-corrected chi connectivity index (χ3v) is 5.01. The molecule has 0 radical (unpaired) electrons. The van der Waals surface area contributed by atoms with Crippen molar-refractivity contribution in [1.82, 2.24) is 0 Å². The van der Waals surface area contributed by atoms with Gasteiger partial charge in [0.25, 0.3) is 0 Å². The Hall–Kier alpha value is -0.460. The molecule has 1 rings (SSSR count). The first kappa shape index (κ1) is 18.6. The summed E-state index contributed by atoms with van der Waals surface area (Å²) in [6.07, 6.45) is -13.8. The van der Waals surface area contributed by atoms with Crippen molar-refractivity contribution in [1.29, 1.82) is 0 Å². The van der Waals surface area contributed by atoms with Crippen molar-refractivity contribution in [2.75, 3.05) is 0 Å². The van der Waals surface area contributed by atoms with Gasteiger partial charge < -0.3 is 4.74 Å². The fraction of sp³-hybridized carbons (Fsp3) is 1.00. The van der Waals surface area contributed by atoms with Gasteiger partial charge in [0.05, 0.1) is 5.60 Å². The van der Waals surface area contributed by atoms with Crippen molar-refractivity contribution in [2.45, 2.75) is 77.9 Å². The van der Waals surface area contributed by atoms with Gasteiger partial charge >= 0.3 is 12.4 Å². The smallest absolute Gasteiger partial charge is 0.354 e. The molecular formula is C14H22F6O. The molecule has 1 nitrogen and oxygen atoms in total. The number of halogens is 6. The highest BCUT2D eigenvalue weighted by Crippen LogP contribution is 2.63. The maximum atomic E-state index is 12.7. The maximum Gasteiger partial charge on any atom is 0.423 e. The lowest BCUT2D eigenvalue weighted by Gasteiger charge is -2.49. The van der Waals surface area contributed by atoms with E-state index in [0.717, 1.165) is 0 Å². The number of rotatable bonds is 4. The second-order valence-corrected chi connectivity index (χ2v) is 7.01. The standard InChI is InChI=1S/C14H22F6O/c1-6-11(5,10(2,3)4)12(7-8-12)21-9(13(15,16)17)14(18,19)20/h9H,6-8H2,1-5H3. The van der Waals surface area contributed by atoms with Crippen LogP contribution in [0.5, 0.6) is 0 Å². The minimum atomic E-state index is -5.46. The predicted molar refractivity (Wildman–Crippen MR) is 66.8 cm³/mol. The lowest BCUT2D eigenvalue weighted by Crippen LogP contribution is -2.53. The highest BCUT2D eigenvalue weighted by atomic mass is 19.4. The fourth-order valence-electron chi connectivity index (χ4n) is 2.99. The number of ether oxygens (including phenoxy) is 1. The van der Waals surface area contributed by atoms with E-state index in [-0.39, 0.29) is 12.8 Å². The van der Waals surface area contributed by atoms with Crippen molar-refractivity contribution in [2.24, 2.45) is 10.8 Å². The molecule has 0 saturated heterocycles. The van der Waals surface area contributed by atoms with Crippen LogP contribution in [0.2, 0.25) is 0 Å². The molecule has 0 amide bonds. The van der Waals surface area contributed by atoms with Crippen LogP contribution in [-0.4, -0.2) is 24.1 Å². The van der Waals surface area contributed by atoms with E-state index >= 15 is 0 Å². The highest BCUT2D eigenvalue weighted by Gasteiger charge is 2.68. The third kappa shape index (κ3) is 3.32. The summed E-state index contributed by atoms with van der Waals surface area (Å²) in [7, 11) is 0. The van der Waals surface area contributed by atoms with Gasteiger partial charge in [-0.15, -0.1) is 0 Å². The van der Waals surface area contributed by atoms with E-state index in [0.29, 0.717) is 6.42 Å².